The van der Waals surface area contributed by atoms with Gasteiger partial charge in [0.1, 0.15) is 5.82 Å². The van der Waals surface area contributed by atoms with Crippen molar-refractivity contribution in [1.82, 2.24) is 14.7 Å². The average molecular weight is 436 g/mol. The molecule has 1 heterocycles. The van der Waals surface area contributed by atoms with Crippen LogP contribution in [-0.2, 0) is 10.0 Å². The summed E-state index contributed by atoms with van der Waals surface area (Å²) in [7, 11) is -3.78. The summed E-state index contributed by atoms with van der Waals surface area (Å²) in [5.41, 5.74) is 2.77. The molecule has 0 atom stereocenters. The first kappa shape index (κ1) is 21.1. The first-order valence-corrected chi connectivity index (χ1v) is 11.3. The molecule has 0 radical (unpaired) electrons. The van der Waals surface area contributed by atoms with Gasteiger partial charge in [-0.2, -0.15) is 0 Å². The minimum Gasteiger partial charge on any atom is -0.253 e. The van der Waals surface area contributed by atoms with E-state index in [0.29, 0.717) is 27.8 Å². The van der Waals surface area contributed by atoms with E-state index in [9.17, 15) is 8.42 Å². The van der Waals surface area contributed by atoms with Gasteiger partial charge in [0.2, 0.25) is 10.0 Å². The average Bonchev–Trinajstić information content (AvgIpc) is 2.71. The predicted molar refractivity (Wildman–Crippen MR) is 120 cm³/mol. The molecule has 0 bridgehead atoms. The van der Waals surface area contributed by atoms with Crippen LogP contribution in [0.3, 0.4) is 0 Å². The number of sulfonamides is 1. The minimum absolute atomic E-state index is 0.109. The van der Waals surface area contributed by atoms with Gasteiger partial charge in [0, 0.05) is 29.1 Å². The van der Waals surface area contributed by atoms with Gasteiger partial charge in [-0.15, -0.1) is 0 Å². The number of nitrogens with zero attached hydrogens (tertiary/aromatic N) is 2. The van der Waals surface area contributed by atoms with Gasteiger partial charge in [-0.05, 0) is 56.2 Å². The first-order chi connectivity index (χ1) is 14.6. The summed E-state index contributed by atoms with van der Waals surface area (Å²) in [5, 5.41) is 0. The molecule has 0 spiro atoms. The van der Waals surface area contributed by atoms with Gasteiger partial charge in [-0.1, -0.05) is 36.4 Å². The largest absolute Gasteiger partial charge is 0.253 e. The molecular weight excluding hydrogens is 413 g/mol. The Bertz CT molecular complexity index is 1380. The highest BCUT2D eigenvalue weighted by Gasteiger charge is 2.25. The Balaban J connectivity index is 1.77. The summed E-state index contributed by atoms with van der Waals surface area (Å²) in [4.78, 5) is 8.61. The monoisotopic (exact) mass is 435 g/mol. The highest BCUT2D eigenvalue weighted by molar-refractivity contribution is 7.89. The fourth-order valence-corrected chi connectivity index (χ4v) is 5.09. The van der Waals surface area contributed by atoms with Gasteiger partial charge in [0.15, 0.2) is 0 Å². The SMILES string of the molecule is CC(C)(C)NS(=O)(=O)c1ccccc1-c1ccc(-c2ccc3nccnc3c2)c(F)c1. The van der Waals surface area contributed by atoms with Crippen molar-refractivity contribution in [2.24, 2.45) is 0 Å². The summed E-state index contributed by atoms with van der Waals surface area (Å²) >= 11 is 0. The zero-order chi connectivity index (χ0) is 22.2. The molecule has 0 fully saturated rings. The van der Waals surface area contributed by atoms with E-state index in [2.05, 4.69) is 14.7 Å². The van der Waals surface area contributed by atoms with Crippen LogP contribution >= 0.6 is 0 Å². The van der Waals surface area contributed by atoms with E-state index in [1.165, 1.54) is 12.1 Å². The molecule has 0 unspecified atom stereocenters. The van der Waals surface area contributed by atoms with E-state index in [1.807, 2.05) is 0 Å². The Morgan fingerprint density at radius 3 is 2.16 bits per heavy atom. The maximum Gasteiger partial charge on any atom is 0.241 e. The fourth-order valence-electron chi connectivity index (χ4n) is 3.45. The third-order valence-corrected chi connectivity index (χ3v) is 6.49. The van der Waals surface area contributed by atoms with Gasteiger partial charge in [0.25, 0.3) is 0 Å². The van der Waals surface area contributed by atoms with Crippen LogP contribution in [0.1, 0.15) is 20.8 Å². The standard InChI is InChI=1S/C24H22FN3O2S/c1-24(2,3)28-31(29,30)23-7-5-4-6-19(23)16-8-10-18(20(25)14-16)17-9-11-21-22(15-17)27-13-12-26-21/h4-15,28H,1-3H3. The molecule has 7 heteroatoms. The number of fused-ring (bicyclic) bond motifs is 1. The summed E-state index contributed by atoms with van der Waals surface area (Å²) in [6.07, 6.45) is 3.20. The highest BCUT2D eigenvalue weighted by atomic mass is 32.2. The van der Waals surface area contributed by atoms with E-state index >= 15 is 4.39 Å². The molecule has 0 aliphatic carbocycles. The van der Waals surface area contributed by atoms with Gasteiger partial charge in [-0.25, -0.2) is 17.5 Å². The molecule has 1 N–H and O–H groups in total. The molecule has 1 aromatic heterocycles. The van der Waals surface area contributed by atoms with Crippen LogP contribution in [0.4, 0.5) is 4.39 Å². The van der Waals surface area contributed by atoms with Crippen LogP contribution in [0.2, 0.25) is 0 Å². The van der Waals surface area contributed by atoms with Crippen LogP contribution in [0.15, 0.2) is 78.0 Å². The maximum atomic E-state index is 15.1. The van der Waals surface area contributed by atoms with Crippen molar-refractivity contribution < 1.29 is 12.8 Å². The molecule has 0 amide bonds. The maximum absolute atomic E-state index is 15.1. The third kappa shape index (κ3) is 4.47. The lowest BCUT2D eigenvalue weighted by Crippen LogP contribution is -2.40. The Morgan fingerprint density at radius 2 is 1.45 bits per heavy atom. The lowest BCUT2D eigenvalue weighted by molar-refractivity contribution is 0.491. The summed E-state index contributed by atoms with van der Waals surface area (Å²) in [6.45, 7) is 5.32. The summed E-state index contributed by atoms with van der Waals surface area (Å²) in [6, 6.07) is 16.7. The predicted octanol–water partition coefficient (Wildman–Crippen LogP) is 5.18. The molecular formula is C24H22FN3O2S. The molecule has 5 nitrogen and oxygen atoms in total. The number of hydrogen-bond donors (Lipinski definition) is 1. The number of nitrogens with one attached hydrogen (secondary N) is 1. The summed E-state index contributed by atoms with van der Waals surface area (Å²) < 4.78 is 43.6. The van der Waals surface area contributed by atoms with E-state index in [-0.39, 0.29) is 4.90 Å². The van der Waals surface area contributed by atoms with E-state index < -0.39 is 21.4 Å². The van der Waals surface area contributed by atoms with Gasteiger partial charge in [-0.3, -0.25) is 9.97 Å². The quantitative estimate of drug-likeness (QED) is 0.479. The van der Waals surface area contributed by atoms with Gasteiger partial charge in [0.05, 0.1) is 15.9 Å². The summed E-state index contributed by atoms with van der Waals surface area (Å²) in [5.74, 6) is -0.447. The molecule has 31 heavy (non-hydrogen) atoms. The number of benzene rings is 3. The molecule has 0 aliphatic heterocycles. The molecule has 0 saturated heterocycles. The van der Waals surface area contributed by atoms with Gasteiger partial charge < -0.3 is 0 Å². The minimum atomic E-state index is -3.78. The highest BCUT2D eigenvalue weighted by Crippen LogP contribution is 2.32. The van der Waals surface area contributed by atoms with Crippen molar-refractivity contribution in [3.8, 4) is 22.3 Å². The second-order valence-corrected chi connectivity index (χ2v) is 9.96. The zero-order valence-corrected chi connectivity index (χ0v) is 18.2. The zero-order valence-electron chi connectivity index (χ0n) is 17.4. The molecule has 0 saturated carbocycles. The van der Waals surface area contributed by atoms with Gasteiger partial charge >= 0.3 is 0 Å². The lowest BCUT2D eigenvalue weighted by Gasteiger charge is -2.21. The molecule has 3 aromatic carbocycles. The van der Waals surface area contributed by atoms with E-state index in [4.69, 9.17) is 0 Å². The molecule has 158 valence electrons. The fraction of sp³-hybridized carbons (Fsp3) is 0.167. The van der Waals surface area contributed by atoms with Crippen LogP contribution in [-0.4, -0.2) is 23.9 Å². The van der Waals surface area contributed by atoms with Crippen LogP contribution in [0.25, 0.3) is 33.3 Å². The lowest BCUT2D eigenvalue weighted by atomic mass is 9.99. The van der Waals surface area contributed by atoms with Crippen LogP contribution < -0.4 is 4.72 Å². The second-order valence-electron chi connectivity index (χ2n) is 8.31. The van der Waals surface area contributed by atoms with Crippen LogP contribution in [0, 0.1) is 5.82 Å². The van der Waals surface area contributed by atoms with Crippen molar-refractivity contribution in [3.05, 3.63) is 78.9 Å². The Hall–Kier alpha value is -3.16. The Labute approximate surface area is 181 Å². The van der Waals surface area contributed by atoms with E-state index in [0.717, 1.165) is 5.52 Å². The first-order valence-electron chi connectivity index (χ1n) is 9.78. The van der Waals surface area contributed by atoms with Crippen molar-refractivity contribution in [3.63, 3.8) is 0 Å². The normalized spacial score (nSPS) is 12.3. The van der Waals surface area contributed by atoms with Crippen molar-refractivity contribution in [1.29, 1.82) is 0 Å². The van der Waals surface area contributed by atoms with Crippen LogP contribution in [0.5, 0.6) is 0 Å². The van der Waals surface area contributed by atoms with Crippen molar-refractivity contribution in [2.75, 3.05) is 0 Å². The number of hydrogen-bond acceptors (Lipinski definition) is 4. The van der Waals surface area contributed by atoms with E-state index in [1.54, 1.807) is 81.7 Å². The van der Waals surface area contributed by atoms with Crippen molar-refractivity contribution in [2.45, 2.75) is 31.2 Å². The third-order valence-electron chi connectivity index (χ3n) is 4.68. The van der Waals surface area contributed by atoms with Crippen molar-refractivity contribution >= 4 is 21.1 Å². The molecule has 0 aliphatic rings. The molecule has 4 aromatic rings. The Morgan fingerprint density at radius 1 is 0.806 bits per heavy atom. The topological polar surface area (TPSA) is 72.0 Å². The molecule has 4 rings (SSSR count). The Kier molecular flexibility index (Phi) is 5.33. The number of halogens is 1. The number of rotatable bonds is 4. The second kappa shape index (κ2) is 7.83. The number of aromatic nitrogens is 2. The smallest absolute Gasteiger partial charge is 0.241 e.